The zero-order valence-corrected chi connectivity index (χ0v) is 11.1. The molecule has 1 unspecified atom stereocenters. The molecule has 0 heterocycles. The molecule has 0 aliphatic rings. The second kappa shape index (κ2) is 6.29. The first kappa shape index (κ1) is 15.1. The van der Waals surface area contributed by atoms with Crippen molar-refractivity contribution in [2.75, 3.05) is 14.2 Å². The summed E-state index contributed by atoms with van der Waals surface area (Å²) < 4.78 is 9.96. The van der Waals surface area contributed by atoms with E-state index < -0.39 is 12.1 Å². The van der Waals surface area contributed by atoms with E-state index in [-0.39, 0.29) is 34.8 Å². The first-order chi connectivity index (χ1) is 8.96. The van der Waals surface area contributed by atoms with Crippen molar-refractivity contribution in [1.82, 2.24) is 0 Å². The van der Waals surface area contributed by atoms with Gasteiger partial charge in [-0.1, -0.05) is 6.92 Å². The molecule has 1 aromatic rings. The van der Waals surface area contributed by atoms with Crippen molar-refractivity contribution in [3.05, 3.63) is 17.2 Å². The minimum atomic E-state index is -1.17. The van der Waals surface area contributed by atoms with Crippen molar-refractivity contribution in [1.29, 1.82) is 0 Å². The van der Waals surface area contributed by atoms with Crippen LogP contribution in [-0.2, 0) is 6.42 Å². The Morgan fingerprint density at radius 2 is 2.00 bits per heavy atom. The van der Waals surface area contributed by atoms with Crippen LogP contribution in [-0.4, -0.2) is 41.6 Å². The van der Waals surface area contributed by atoms with E-state index in [9.17, 15) is 20.1 Å². The molecule has 0 spiro atoms. The lowest BCUT2D eigenvalue weighted by atomic mass is 9.98. The fourth-order valence-corrected chi connectivity index (χ4v) is 1.81. The number of carbonyl (C=O) groups is 1. The van der Waals surface area contributed by atoms with Gasteiger partial charge >= 0.3 is 5.97 Å². The van der Waals surface area contributed by atoms with E-state index in [0.717, 1.165) is 0 Å². The van der Waals surface area contributed by atoms with Gasteiger partial charge in [-0.15, -0.1) is 0 Å². The summed E-state index contributed by atoms with van der Waals surface area (Å²) >= 11 is 0. The van der Waals surface area contributed by atoms with Crippen molar-refractivity contribution in [2.45, 2.75) is 25.9 Å². The monoisotopic (exact) mass is 270 g/mol. The maximum atomic E-state index is 11.3. The van der Waals surface area contributed by atoms with Gasteiger partial charge < -0.3 is 24.8 Å². The van der Waals surface area contributed by atoms with Gasteiger partial charge in [-0.05, 0) is 12.5 Å². The fraction of sp³-hybridized carbons (Fsp3) is 0.462. The molecule has 0 radical (unpaired) electrons. The van der Waals surface area contributed by atoms with E-state index in [4.69, 9.17) is 9.47 Å². The van der Waals surface area contributed by atoms with Crippen molar-refractivity contribution in [2.24, 2.45) is 0 Å². The number of hydrogen-bond acceptors (Lipinski definition) is 5. The number of aromatic carboxylic acids is 1. The second-order valence-electron chi connectivity index (χ2n) is 4.06. The Hall–Kier alpha value is -1.95. The molecule has 0 saturated heterocycles. The fourth-order valence-electron chi connectivity index (χ4n) is 1.81. The molecule has 0 aliphatic heterocycles. The number of aliphatic hydroxyl groups is 1. The average Bonchev–Trinajstić information content (AvgIpc) is 2.38. The van der Waals surface area contributed by atoms with Crippen molar-refractivity contribution in [3.63, 3.8) is 0 Å². The van der Waals surface area contributed by atoms with E-state index >= 15 is 0 Å². The first-order valence-electron chi connectivity index (χ1n) is 5.84. The van der Waals surface area contributed by atoms with E-state index in [1.165, 1.54) is 20.3 Å². The molecular weight excluding hydrogens is 252 g/mol. The summed E-state index contributed by atoms with van der Waals surface area (Å²) in [6.45, 7) is 1.78. The largest absolute Gasteiger partial charge is 0.502 e. The van der Waals surface area contributed by atoms with Crippen LogP contribution in [0.15, 0.2) is 6.07 Å². The van der Waals surface area contributed by atoms with E-state index in [0.29, 0.717) is 6.42 Å². The van der Waals surface area contributed by atoms with Crippen LogP contribution in [0.5, 0.6) is 17.2 Å². The zero-order valence-electron chi connectivity index (χ0n) is 11.1. The molecule has 0 saturated carbocycles. The predicted octanol–water partition coefficient (Wildman–Crippen LogP) is 1.42. The maximum Gasteiger partial charge on any atom is 0.336 e. The third kappa shape index (κ3) is 3.08. The molecule has 0 bridgehead atoms. The summed E-state index contributed by atoms with van der Waals surface area (Å²) in [6.07, 6.45) is -0.159. The first-order valence-corrected chi connectivity index (χ1v) is 5.84. The summed E-state index contributed by atoms with van der Waals surface area (Å²) in [5, 5.41) is 28.8. The van der Waals surface area contributed by atoms with Crippen molar-refractivity contribution in [3.8, 4) is 17.2 Å². The maximum absolute atomic E-state index is 11.3. The van der Waals surface area contributed by atoms with Crippen LogP contribution in [0.4, 0.5) is 0 Å². The van der Waals surface area contributed by atoms with Crippen molar-refractivity contribution >= 4 is 5.97 Å². The van der Waals surface area contributed by atoms with E-state index in [1.807, 2.05) is 0 Å². The lowest BCUT2D eigenvalue weighted by molar-refractivity contribution is 0.0693. The number of carboxylic acid groups (broad SMARTS) is 1. The van der Waals surface area contributed by atoms with Crippen LogP contribution in [0.3, 0.4) is 0 Å². The Morgan fingerprint density at radius 3 is 2.42 bits per heavy atom. The topological polar surface area (TPSA) is 96.2 Å². The smallest absolute Gasteiger partial charge is 0.336 e. The quantitative estimate of drug-likeness (QED) is 0.723. The lowest BCUT2D eigenvalue weighted by Crippen LogP contribution is -2.14. The minimum Gasteiger partial charge on any atom is -0.502 e. The number of carboxylic acids is 1. The third-order valence-corrected chi connectivity index (χ3v) is 2.89. The Balaban J connectivity index is 3.46. The Bertz CT molecular complexity index is 469. The van der Waals surface area contributed by atoms with Crippen LogP contribution < -0.4 is 9.47 Å². The highest BCUT2D eigenvalue weighted by atomic mass is 16.5. The standard InChI is InChI=1S/C13H18O6/c1-4-7(14)5-8-9(13(16)17)6-10(18-2)11(15)12(8)19-3/h6-7,14-15H,4-5H2,1-3H3,(H,16,17). The predicted molar refractivity (Wildman–Crippen MR) is 68.2 cm³/mol. The molecule has 19 heavy (non-hydrogen) atoms. The Kier molecular flexibility index (Phi) is 5.00. The molecule has 1 atom stereocenters. The van der Waals surface area contributed by atoms with Gasteiger partial charge in [0.2, 0.25) is 5.75 Å². The van der Waals surface area contributed by atoms with Crippen molar-refractivity contribution < 1.29 is 29.6 Å². The molecule has 0 amide bonds. The molecule has 3 N–H and O–H groups in total. The normalized spacial score (nSPS) is 12.0. The van der Waals surface area contributed by atoms with Gasteiger partial charge in [0, 0.05) is 12.0 Å². The van der Waals surface area contributed by atoms with Crippen LogP contribution in [0.1, 0.15) is 29.3 Å². The molecule has 0 aromatic heterocycles. The van der Waals surface area contributed by atoms with E-state index in [2.05, 4.69) is 0 Å². The summed E-state index contributed by atoms with van der Waals surface area (Å²) in [4.78, 5) is 11.3. The number of aromatic hydroxyl groups is 1. The highest BCUT2D eigenvalue weighted by molar-refractivity contribution is 5.92. The molecule has 1 aromatic carbocycles. The summed E-state index contributed by atoms with van der Waals surface area (Å²) in [5.41, 5.74) is 0.196. The Labute approximate surface area is 111 Å². The molecule has 1 rings (SSSR count). The Morgan fingerprint density at radius 1 is 1.37 bits per heavy atom. The summed E-state index contributed by atoms with van der Waals surface area (Å²) in [6, 6.07) is 1.22. The second-order valence-corrected chi connectivity index (χ2v) is 4.06. The number of phenols is 1. The van der Waals surface area contributed by atoms with Gasteiger partial charge in [-0.25, -0.2) is 4.79 Å². The number of phenolic OH excluding ortho intramolecular Hbond substituents is 1. The molecule has 0 fully saturated rings. The van der Waals surface area contributed by atoms with Gasteiger partial charge in [0.25, 0.3) is 0 Å². The zero-order chi connectivity index (χ0) is 14.6. The minimum absolute atomic E-state index is 0.0176. The number of methoxy groups -OCH3 is 2. The van der Waals surface area contributed by atoms with Crippen LogP contribution >= 0.6 is 0 Å². The SMILES string of the molecule is CCC(O)Cc1c(C(=O)O)cc(OC)c(O)c1OC. The number of ether oxygens (including phenoxy) is 2. The highest BCUT2D eigenvalue weighted by Gasteiger charge is 2.24. The molecule has 106 valence electrons. The number of benzene rings is 1. The van der Waals surface area contributed by atoms with Gasteiger partial charge in [0.15, 0.2) is 11.5 Å². The van der Waals surface area contributed by atoms with Gasteiger partial charge in [-0.3, -0.25) is 0 Å². The molecule has 0 aliphatic carbocycles. The molecule has 6 heteroatoms. The lowest BCUT2D eigenvalue weighted by Gasteiger charge is -2.17. The van der Waals surface area contributed by atoms with Crippen LogP contribution in [0.2, 0.25) is 0 Å². The molecular formula is C13H18O6. The highest BCUT2D eigenvalue weighted by Crippen LogP contribution is 2.41. The number of rotatable bonds is 6. The summed E-state index contributed by atoms with van der Waals surface area (Å²) in [5.74, 6) is -1.41. The number of hydrogen-bond donors (Lipinski definition) is 3. The van der Waals surface area contributed by atoms with Gasteiger partial charge in [-0.2, -0.15) is 0 Å². The van der Waals surface area contributed by atoms with Crippen LogP contribution in [0.25, 0.3) is 0 Å². The number of aliphatic hydroxyl groups excluding tert-OH is 1. The van der Waals surface area contributed by atoms with Gasteiger partial charge in [0.05, 0.1) is 25.9 Å². The third-order valence-electron chi connectivity index (χ3n) is 2.89. The van der Waals surface area contributed by atoms with Gasteiger partial charge in [0.1, 0.15) is 0 Å². The average molecular weight is 270 g/mol. The summed E-state index contributed by atoms with van der Waals surface area (Å²) in [7, 11) is 2.64. The molecule has 6 nitrogen and oxygen atoms in total. The van der Waals surface area contributed by atoms with Crippen LogP contribution in [0, 0.1) is 0 Å². The van der Waals surface area contributed by atoms with E-state index in [1.54, 1.807) is 6.92 Å².